The van der Waals surface area contributed by atoms with Crippen LogP contribution in [0.5, 0.6) is 0 Å². The van der Waals surface area contributed by atoms with E-state index < -0.39 is 0 Å². The monoisotopic (exact) mass is 311 g/mol. The second kappa shape index (κ2) is 5.51. The number of aromatic nitrogens is 4. The van der Waals surface area contributed by atoms with E-state index in [9.17, 15) is 4.79 Å². The second-order valence-corrected chi connectivity index (χ2v) is 5.63. The highest BCUT2D eigenvalue weighted by Crippen LogP contribution is 2.28. The molecule has 1 fully saturated rings. The molecule has 0 unspecified atom stereocenters. The Labute approximate surface area is 132 Å². The fourth-order valence-corrected chi connectivity index (χ4v) is 2.98. The lowest BCUT2D eigenvalue weighted by molar-refractivity contribution is 0.0790. The SMILES string of the molecule is Cn1nccc1[C@H]1OCC[C@@H]1NC(=O)c1cn2ccccc2n1. The first-order valence-corrected chi connectivity index (χ1v) is 7.56. The molecule has 118 valence electrons. The fraction of sp³-hybridized carbons (Fsp3) is 0.312. The van der Waals surface area contributed by atoms with Gasteiger partial charge in [0, 0.05) is 32.2 Å². The molecule has 1 aliphatic rings. The molecule has 3 aromatic rings. The summed E-state index contributed by atoms with van der Waals surface area (Å²) in [6, 6.07) is 7.50. The Kier molecular flexibility index (Phi) is 3.34. The van der Waals surface area contributed by atoms with Crippen molar-refractivity contribution in [2.45, 2.75) is 18.6 Å². The number of nitrogens with zero attached hydrogens (tertiary/aromatic N) is 4. The molecule has 1 amide bonds. The largest absolute Gasteiger partial charge is 0.370 e. The minimum Gasteiger partial charge on any atom is -0.370 e. The lowest BCUT2D eigenvalue weighted by Crippen LogP contribution is -2.37. The Morgan fingerprint density at radius 3 is 3.09 bits per heavy atom. The molecule has 7 heteroatoms. The first-order chi connectivity index (χ1) is 11.2. The van der Waals surface area contributed by atoms with Gasteiger partial charge < -0.3 is 14.5 Å². The first-order valence-electron chi connectivity index (χ1n) is 7.56. The Morgan fingerprint density at radius 1 is 1.39 bits per heavy atom. The van der Waals surface area contributed by atoms with Crippen LogP contribution in [0.3, 0.4) is 0 Å². The smallest absolute Gasteiger partial charge is 0.271 e. The zero-order valence-corrected chi connectivity index (χ0v) is 12.7. The lowest BCUT2D eigenvalue weighted by atomic mass is 10.1. The Hall–Kier alpha value is -2.67. The maximum atomic E-state index is 12.5. The minimum absolute atomic E-state index is 0.0808. The standard InChI is InChI=1S/C16H17N5O2/c1-20-13(5-7-17-20)15-11(6-9-23-15)19-16(22)12-10-21-8-3-2-4-14(21)18-12/h2-5,7-8,10-11,15H,6,9H2,1H3,(H,19,22)/t11-,15-/m0/s1. The van der Waals surface area contributed by atoms with Crippen LogP contribution in [0.4, 0.5) is 0 Å². The minimum atomic E-state index is -0.184. The molecule has 0 saturated carbocycles. The van der Waals surface area contributed by atoms with Gasteiger partial charge in [-0.2, -0.15) is 5.10 Å². The van der Waals surface area contributed by atoms with Gasteiger partial charge in [0.15, 0.2) is 0 Å². The van der Waals surface area contributed by atoms with Crippen molar-refractivity contribution in [1.82, 2.24) is 24.5 Å². The summed E-state index contributed by atoms with van der Waals surface area (Å²) >= 11 is 0. The molecule has 3 aromatic heterocycles. The number of ether oxygens (including phenoxy) is 1. The van der Waals surface area contributed by atoms with Crippen molar-refractivity contribution >= 4 is 11.6 Å². The third-order valence-corrected chi connectivity index (χ3v) is 4.16. The van der Waals surface area contributed by atoms with E-state index in [1.807, 2.05) is 41.9 Å². The molecule has 7 nitrogen and oxygen atoms in total. The van der Waals surface area contributed by atoms with Crippen molar-refractivity contribution in [3.63, 3.8) is 0 Å². The van der Waals surface area contributed by atoms with Gasteiger partial charge in [-0.1, -0.05) is 6.07 Å². The first kappa shape index (κ1) is 14.0. The summed E-state index contributed by atoms with van der Waals surface area (Å²) in [7, 11) is 1.87. The van der Waals surface area contributed by atoms with Gasteiger partial charge in [-0.05, 0) is 24.6 Å². The molecule has 0 spiro atoms. The van der Waals surface area contributed by atoms with Gasteiger partial charge in [0.1, 0.15) is 17.4 Å². The van der Waals surface area contributed by atoms with Gasteiger partial charge in [0.2, 0.25) is 0 Å². The van der Waals surface area contributed by atoms with Gasteiger partial charge in [-0.3, -0.25) is 9.48 Å². The van der Waals surface area contributed by atoms with E-state index in [1.54, 1.807) is 17.1 Å². The summed E-state index contributed by atoms with van der Waals surface area (Å²) in [6.45, 7) is 0.617. The Bertz CT molecular complexity index is 820. The average Bonchev–Trinajstić information content (AvgIpc) is 3.25. The molecule has 0 aromatic carbocycles. The van der Waals surface area contributed by atoms with E-state index in [1.165, 1.54) is 0 Å². The van der Waals surface area contributed by atoms with Crippen LogP contribution < -0.4 is 5.32 Å². The zero-order valence-electron chi connectivity index (χ0n) is 12.7. The number of hydrogen-bond acceptors (Lipinski definition) is 4. The highest BCUT2D eigenvalue weighted by Gasteiger charge is 2.33. The number of imidazole rings is 1. The van der Waals surface area contributed by atoms with Crippen LogP contribution in [0, 0.1) is 0 Å². The summed E-state index contributed by atoms with van der Waals surface area (Å²) in [5.41, 5.74) is 2.12. The molecule has 4 rings (SSSR count). The van der Waals surface area contributed by atoms with Gasteiger partial charge in [0.25, 0.3) is 5.91 Å². The molecule has 4 heterocycles. The molecule has 1 aliphatic heterocycles. The molecule has 0 radical (unpaired) electrons. The highest BCUT2D eigenvalue weighted by molar-refractivity contribution is 5.93. The predicted molar refractivity (Wildman–Crippen MR) is 83.0 cm³/mol. The molecule has 0 aliphatic carbocycles. The van der Waals surface area contributed by atoms with Crippen molar-refractivity contribution in [2.75, 3.05) is 6.61 Å². The van der Waals surface area contributed by atoms with Crippen molar-refractivity contribution in [1.29, 1.82) is 0 Å². The van der Waals surface area contributed by atoms with Gasteiger partial charge in [-0.15, -0.1) is 0 Å². The van der Waals surface area contributed by atoms with E-state index in [0.29, 0.717) is 12.3 Å². The van der Waals surface area contributed by atoms with E-state index in [-0.39, 0.29) is 18.1 Å². The quantitative estimate of drug-likeness (QED) is 0.792. The summed E-state index contributed by atoms with van der Waals surface area (Å²) in [4.78, 5) is 16.9. The molecule has 1 N–H and O–H groups in total. The van der Waals surface area contributed by atoms with Gasteiger partial charge in [-0.25, -0.2) is 4.98 Å². The second-order valence-electron chi connectivity index (χ2n) is 5.63. The van der Waals surface area contributed by atoms with E-state index in [4.69, 9.17) is 4.74 Å². The summed E-state index contributed by atoms with van der Waals surface area (Å²) in [6.07, 6.45) is 5.94. The topological polar surface area (TPSA) is 73.5 Å². The number of fused-ring (bicyclic) bond motifs is 1. The van der Waals surface area contributed by atoms with Crippen molar-refractivity contribution < 1.29 is 9.53 Å². The zero-order chi connectivity index (χ0) is 15.8. The summed E-state index contributed by atoms with van der Waals surface area (Å²) < 4.78 is 9.40. The number of carbonyl (C=O) groups excluding carboxylic acids is 1. The molecule has 1 saturated heterocycles. The third-order valence-electron chi connectivity index (χ3n) is 4.16. The van der Waals surface area contributed by atoms with Gasteiger partial charge >= 0.3 is 0 Å². The summed E-state index contributed by atoms with van der Waals surface area (Å²) in [5.74, 6) is -0.184. The van der Waals surface area contributed by atoms with Crippen molar-refractivity contribution in [3.8, 4) is 0 Å². The molecular formula is C16H17N5O2. The highest BCUT2D eigenvalue weighted by atomic mass is 16.5. The van der Waals surface area contributed by atoms with E-state index >= 15 is 0 Å². The summed E-state index contributed by atoms with van der Waals surface area (Å²) in [5, 5.41) is 7.21. The number of hydrogen-bond donors (Lipinski definition) is 1. The van der Waals surface area contributed by atoms with Gasteiger partial charge in [0.05, 0.1) is 11.7 Å². The van der Waals surface area contributed by atoms with E-state index in [0.717, 1.165) is 17.8 Å². The van der Waals surface area contributed by atoms with Crippen molar-refractivity contribution in [3.05, 3.63) is 54.2 Å². The Balaban J connectivity index is 1.54. The van der Waals surface area contributed by atoms with Crippen molar-refractivity contribution in [2.24, 2.45) is 7.05 Å². The Morgan fingerprint density at radius 2 is 2.30 bits per heavy atom. The number of nitrogens with one attached hydrogen (secondary N) is 1. The fourth-order valence-electron chi connectivity index (χ4n) is 2.98. The number of carbonyl (C=O) groups is 1. The maximum absolute atomic E-state index is 12.5. The maximum Gasteiger partial charge on any atom is 0.271 e. The lowest BCUT2D eigenvalue weighted by Gasteiger charge is -2.19. The number of aryl methyl sites for hydroxylation is 1. The molecule has 2 atom stereocenters. The third kappa shape index (κ3) is 2.49. The van der Waals surface area contributed by atoms with Crippen LogP contribution in [-0.2, 0) is 11.8 Å². The van der Waals surface area contributed by atoms with Crippen LogP contribution >= 0.6 is 0 Å². The predicted octanol–water partition coefficient (Wildman–Crippen LogP) is 1.33. The molecular weight excluding hydrogens is 294 g/mol. The van der Waals surface area contributed by atoms with Crippen LogP contribution in [0.2, 0.25) is 0 Å². The normalized spacial score (nSPS) is 20.9. The molecule has 0 bridgehead atoms. The van der Waals surface area contributed by atoms with E-state index in [2.05, 4.69) is 15.4 Å². The van der Waals surface area contributed by atoms with Crippen LogP contribution in [-0.4, -0.2) is 37.7 Å². The number of rotatable bonds is 3. The molecule has 23 heavy (non-hydrogen) atoms. The van der Waals surface area contributed by atoms with Crippen LogP contribution in [0.25, 0.3) is 5.65 Å². The number of pyridine rings is 1. The number of amides is 1. The van der Waals surface area contributed by atoms with Crippen LogP contribution in [0.1, 0.15) is 28.7 Å². The average molecular weight is 311 g/mol. The van der Waals surface area contributed by atoms with Crippen LogP contribution in [0.15, 0.2) is 42.9 Å².